The summed E-state index contributed by atoms with van der Waals surface area (Å²) < 4.78 is 5.44. The van der Waals surface area contributed by atoms with Crippen LogP contribution in [0.1, 0.15) is 12.5 Å². The summed E-state index contributed by atoms with van der Waals surface area (Å²) in [6.45, 7) is 7.11. The van der Waals surface area contributed by atoms with Crippen LogP contribution >= 0.6 is 0 Å². The Morgan fingerprint density at radius 2 is 2.04 bits per heavy atom. The molecule has 3 rings (SSSR count). The minimum absolute atomic E-state index is 0.706. The molecule has 0 spiro atoms. The SMILES string of the molecule is CCN(C)c1ccc(CNc2ncccc2N2CCOCC2)cn1. The molecule has 0 bridgehead atoms. The summed E-state index contributed by atoms with van der Waals surface area (Å²) in [5.41, 5.74) is 2.28. The molecule has 0 aromatic carbocycles. The van der Waals surface area contributed by atoms with E-state index in [0.717, 1.165) is 55.7 Å². The van der Waals surface area contributed by atoms with Crippen molar-refractivity contribution in [2.24, 2.45) is 0 Å². The first kappa shape index (κ1) is 16.5. The second kappa shape index (κ2) is 7.97. The summed E-state index contributed by atoms with van der Waals surface area (Å²) in [7, 11) is 2.04. The molecular formula is C18H25N5O. The van der Waals surface area contributed by atoms with Gasteiger partial charge in [-0.2, -0.15) is 0 Å². The molecule has 1 N–H and O–H groups in total. The number of aromatic nitrogens is 2. The highest BCUT2D eigenvalue weighted by atomic mass is 16.5. The first-order chi connectivity index (χ1) is 11.8. The van der Waals surface area contributed by atoms with Crippen molar-refractivity contribution < 1.29 is 4.74 Å². The lowest BCUT2D eigenvalue weighted by Gasteiger charge is -2.30. The van der Waals surface area contributed by atoms with Crippen molar-refractivity contribution in [1.82, 2.24) is 9.97 Å². The average molecular weight is 327 g/mol. The number of nitrogens with zero attached hydrogens (tertiary/aromatic N) is 4. The highest BCUT2D eigenvalue weighted by molar-refractivity contribution is 5.65. The first-order valence-corrected chi connectivity index (χ1v) is 8.45. The van der Waals surface area contributed by atoms with Gasteiger partial charge in [0.2, 0.25) is 0 Å². The van der Waals surface area contributed by atoms with E-state index < -0.39 is 0 Å². The maximum absolute atomic E-state index is 5.44. The third kappa shape index (κ3) is 3.94. The molecule has 1 saturated heterocycles. The van der Waals surface area contributed by atoms with Crippen LogP contribution in [0.5, 0.6) is 0 Å². The lowest BCUT2D eigenvalue weighted by Crippen LogP contribution is -2.36. The Hall–Kier alpha value is -2.34. The summed E-state index contributed by atoms with van der Waals surface area (Å²) in [4.78, 5) is 13.5. The van der Waals surface area contributed by atoms with E-state index in [1.807, 2.05) is 25.5 Å². The van der Waals surface area contributed by atoms with E-state index in [1.165, 1.54) is 0 Å². The van der Waals surface area contributed by atoms with Gasteiger partial charge >= 0.3 is 0 Å². The highest BCUT2D eigenvalue weighted by Crippen LogP contribution is 2.24. The van der Waals surface area contributed by atoms with Gasteiger partial charge in [-0.05, 0) is 30.7 Å². The fraction of sp³-hybridized carbons (Fsp3) is 0.444. The van der Waals surface area contributed by atoms with Gasteiger partial charge < -0.3 is 19.9 Å². The number of hydrogen-bond donors (Lipinski definition) is 1. The van der Waals surface area contributed by atoms with Gasteiger partial charge in [-0.3, -0.25) is 0 Å². The van der Waals surface area contributed by atoms with Crippen molar-refractivity contribution in [3.05, 3.63) is 42.2 Å². The number of nitrogens with one attached hydrogen (secondary N) is 1. The van der Waals surface area contributed by atoms with Crippen LogP contribution in [-0.4, -0.2) is 49.9 Å². The lowest BCUT2D eigenvalue weighted by molar-refractivity contribution is 0.122. The molecule has 2 aromatic heterocycles. The second-order valence-electron chi connectivity index (χ2n) is 5.86. The molecule has 0 unspecified atom stereocenters. The van der Waals surface area contributed by atoms with Crippen molar-refractivity contribution in [2.75, 3.05) is 55.0 Å². The van der Waals surface area contributed by atoms with Crippen LogP contribution in [0, 0.1) is 0 Å². The molecule has 128 valence electrons. The summed E-state index contributed by atoms with van der Waals surface area (Å²) in [6, 6.07) is 8.26. The zero-order chi connectivity index (χ0) is 16.8. The molecule has 0 atom stereocenters. The molecule has 0 amide bonds. The monoisotopic (exact) mass is 327 g/mol. The Bertz CT molecular complexity index is 640. The van der Waals surface area contributed by atoms with Crippen LogP contribution in [0.25, 0.3) is 0 Å². The van der Waals surface area contributed by atoms with Gasteiger partial charge in [-0.15, -0.1) is 0 Å². The predicted octanol–water partition coefficient (Wildman–Crippen LogP) is 2.38. The summed E-state index contributed by atoms with van der Waals surface area (Å²) in [5.74, 6) is 1.90. The maximum atomic E-state index is 5.44. The standard InChI is InChI=1S/C18H25N5O/c1-3-22(2)17-7-6-15(13-20-17)14-21-18-16(5-4-8-19-18)23-9-11-24-12-10-23/h4-8,13H,3,9-12,14H2,1-2H3,(H,19,21). The van der Waals surface area contributed by atoms with Crippen LogP contribution in [0.4, 0.5) is 17.3 Å². The molecule has 1 fully saturated rings. The van der Waals surface area contributed by atoms with E-state index in [9.17, 15) is 0 Å². The van der Waals surface area contributed by atoms with Gasteiger partial charge in [0.1, 0.15) is 11.6 Å². The fourth-order valence-corrected chi connectivity index (χ4v) is 2.69. The molecule has 2 aromatic rings. The van der Waals surface area contributed by atoms with Crippen molar-refractivity contribution in [3.63, 3.8) is 0 Å². The largest absolute Gasteiger partial charge is 0.378 e. The van der Waals surface area contributed by atoms with Crippen molar-refractivity contribution in [1.29, 1.82) is 0 Å². The third-order valence-corrected chi connectivity index (χ3v) is 4.27. The topological polar surface area (TPSA) is 53.5 Å². The zero-order valence-corrected chi connectivity index (χ0v) is 14.4. The Kier molecular flexibility index (Phi) is 5.48. The third-order valence-electron chi connectivity index (χ3n) is 4.27. The quantitative estimate of drug-likeness (QED) is 0.879. The second-order valence-corrected chi connectivity index (χ2v) is 5.86. The number of pyridine rings is 2. The molecule has 1 aliphatic heterocycles. The van der Waals surface area contributed by atoms with Crippen LogP contribution in [0.2, 0.25) is 0 Å². The van der Waals surface area contributed by atoms with E-state index in [1.54, 1.807) is 0 Å². The Morgan fingerprint density at radius 1 is 1.21 bits per heavy atom. The Balaban J connectivity index is 1.66. The minimum atomic E-state index is 0.706. The van der Waals surface area contributed by atoms with Crippen LogP contribution in [0.15, 0.2) is 36.7 Å². The Morgan fingerprint density at radius 3 is 2.75 bits per heavy atom. The molecule has 0 radical (unpaired) electrons. The van der Waals surface area contributed by atoms with Gasteiger partial charge in [0.05, 0.1) is 18.9 Å². The number of hydrogen-bond acceptors (Lipinski definition) is 6. The van der Waals surface area contributed by atoms with E-state index in [4.69, 9.17) is 4.74 Å². The summed E-state index contributed by atoms with van der Waals surface area (Å²) >= 11 is 0. The molecule has 0 saturated carbocycles. The molecule has 3 heterocycles. The number of anilines is 3. The normalized spacial score (nSPS) is 14.5. The predicted molar refractivity (Wildman–Crippen MR) is 97.8 cm³/mol. The van der Waals surface area contributed by atoms with Crippen LogP contribution in [0.3, 0.4) is 0 Å². The van der Waals surface area contributed by atoms with Crippen molar-refractivity contribution in [3.8, 4) is 0 Å². The van der Waals surface area contributed by atoms with Gasteiger partial charge in [0, 0.05) is 45.6 Å². The van der Waals surface area contributed by atoms with Gasteiger partial charge in [-0.1, -0.05) is 6.07 Å². The number of morpholine rings is 1. The molecule has 24 heavy (non-hydrogen) atoms. The summed E-state index contributed by atoms with van der Waals surface area (Å²) in [6.07, 6.45) is 3.75. The van der Waals surface area contributed by atoms with E-state index in [2.05, 4.69) is 50.2 Å². The van der Waals surface area contributed by atoms with Crippen molar-refractivity contribution >= 4 is 17.3 Å². The van der Waals surface area contributed by atoms with E-state index in [0.29, 0.717) is 6.54 Å². The summed E-state index contributed by atoms with van der Waals surface area (Å²) in [5, 5.41) is 3.44. The van der Waals surface area contributed by atoms with E-state index in [-0.39, 0.29) is 0 Å². The van der Waals surface area contributed by atoms with Crippen LogP contribution < -0.4 is 15.1 Å². The first-order valence-electron chi connectivity index (χ1n) is 8.45. The number of ether oxygens (including phenoxy) is 1. The Labute approximate surface area is 143 Å². The molecule has 0 aliphatic carbocycles. The minimum Gasteiger partial charge on any atom is -0.378 e. The van der Waals surface area contributed by atoms with Gasteiger partial charge in [0.25, 0.3) is 0 Å². The fourth-order valence-electron chi connectivity index (χ4n) is 2.69. The van der Waals surface area contributed by atoms with E-state index >= 15 is 0 Å². The zero-order valence-electron chi connectivity index (χ0n) is 14.4. The van der Waals surface area contributed by atoms with Gasteiger partial charge in [0.15, 0.2) is 0 Å². The average Bonchev–Trinajstić information content (AvgIpc) is 2.67. The number of rotatable bonds is 6. The molecule has 1 aliphatic rings. The molecule has 6 nitrogen and oxygen atoms in total. The van der Waals surface area contributed by atoms with Crippen LogP contribution in [-0.2, 0) is 11.3 Å². The van der Waals surface area contributed by atoms with Gasteiger partial charge in [-0.25, -0.2) is 9.97 Å². The molecule has 6 heteroatoms. The van der Waals surface area contributed by atoms with Crippen molar-refractivity contribution in [2.45, 2.75) is 13.5 Å². The molecular weight excluding hydrogens is 302 g/mol. The smallest absolute Gasteiger partial charge is 0.149 e. The lowest BCUT2D eigenvalue weighted by atomic mass is 10.2. The maximum Gasteiger partial charge on any atom is 0.149 e. The highest BCUT2D eigenvalue weighted by Gasteiger charge is 2.15.